The summed E-state index contributed by atoms with van der Waals surface area (Å²) >= 11 is 4.86. The number of hydrogen-bond donors (Lipinski definition) is 2. The molecule has 1 atom stereocenters. The smallest absolute Gasteiger partial charge is 0.320 e. The minimum absolute atomic E-state index is 0.252. The number of halogens is 1. The standard InChI is InChI=1S/C12H11BrN2O2S/c13-8-3-1-7(2-4-8)11-15-9(6-18-11)5-10(14)12(16)17/h1-4,6,10H,5,14H2,(H,16,17). The Morgan fingerprint density at radius 1 is 1.44 bits per heavy atom. The maximum atomic E-state index is 10.7. The Hall–Kier alpha value is -1.24. The van der Waals surface area contributed by atoms with Crippen molar-refractivity contribution in [2.24, 2.45) is 5.73 Å². The zero-order valence-electron chi connectivity index (χ0n) is 9.34. The van der Waals surface area contributed by atoms with E-state index in [9.17, 15) is 4.79 Å². The van der Waals surface area contributed by atoms with Crippen molar-refractivity contribution in [2.75, 3.05) is 0 Å². The lowest BCUT2D eigenvalue weighted by molar-refractivity contribution is -0.138. The van der Waals surface area contributed by atoms with Crippen molar-refractivity contribution in [3.63, 3.8) is 0 Å². The molecule has 0 bridgehead atoms. The average molecular weight is 327 g/mol. The van der Waals surface area contributed by atoms with Crippen LogP contribution in [0, 0.1) is 0 Å². The second kappa shape index (κ2) is 5.60. The maximum absolute atomic E-state index is 10.7. The number of hydrogen-bond acceptors (Lipinski definition) is 4. The van der Waals surface area contributed by atoms with Crippen molar-refractivity contribution in [2.45, 2.75) is 12.5 Å². The van der Waals surface area contributed by atoms with Gasteiger partial charge in [0, 0.05) is 21.8 Å². The molecule has 2 aromatic rings. The summed E-state index contributed by atoms with van der Waals surface area (Å²) in [5.74, 6) is -1.01. The van der Waals surface area contributed by atoms with Crippen LogP contribution in [-0.2, 0) is 11.2 Å². The summed E-state index contributed by atoms with van der Waals surface area (Å²) in [4.78, 5) is 15.1. The van der Waals surface area contributed by atoms with E-state index in [0.717, 1.165) is 15.0 Å². The highest BCUT2D eigenvalue weighted by Crippen LogP contribution is 2.25. The van der Waals surface area contributed by atoms with Gasteiger partial charge in [-0.25, -0.2) is 4.98 Å². The maximum Gasteiger partial charge on any atom is 0.320 e. The second-order valence-electron chi connectivity index (χ2n) is 3.80. The minimum Gasteiger partial charge on any atom is -0.480 e. The number of aromatic nitrogens is 1. The molecule has 0 aliphatic carbocycles. The first-order chi connectivity index (χ1) is 8.56. The molecule has 1 heterocycles. The van der Waals surface area contributed by atoms with Gasteiger partial charge >= 0.3 is 5.97 Å². The molecule has 1 unspecified atom stereocenters. The molecule has 0 fully saturated rings. The van der Waals surface area contributed by atoms with Crippen molar-refractivity contribution in [3.05, 3.63) is 39.8 Å². The van der Waals surface area contributed by atoms with Crippen molar-refractivity contribution in [1.29, 1.82) is 0 Å². The van der Waals surface area contributed by atoms with Gasteiger partial charge in [-0.2, -0.15) is 0 Å². The van der Waals surface area contributed by atoms with Gasteiger partial charge in [0.1, 0.15) is 11.0 Å². The molecule has 0 aliphatic rings. The summed E-state index contributed by atoms with van der Waals surface area (Å²) in [6.07, 6.45) is 0.252. The first-order valence-electron chi connectivity index (χ1n) is 5.25. The molecule has 0 radical (unpaired) electrons. The second-order valence-corrected chi connectivity index (χ2v) is 5.57. The monoisotopic (exact) mass is 326 g/mol. The normalized spacial score (nSPS) is 12.3. The molecular formula is C12H11BrN2O2S. The molecule has 6 heteroatoms. The topological polar surface area (TPSA) is 76.2 Å². The Kier molecular flexibility index (Phi) is 4.11. The van der Waals surface area contributed by atoms with Crippen molar-refractivity contribution < 1.29 is 9.90 Å². The molecule has 3 N–H and O–H groups in total. The van der Waals surface area contributed by atoms with Crippen LogP contribution in [0.25, 0.3) is 10.6 Å². The van der Waals surface area contributed by atoms with Crippen molar-refractivity contribution in [1.82, 2.24) is 4.98 Å². The summed E-state index contributed by atoms with van der Waals surface area (Å²) in [6.45, 7) is 0. The van der Waals surface area contributed by atoms with Gasteiger partial charge in [0.15, 0.2) is 0 Å². The highest BCUT2D eigenvalue weighted by Gasteiger charge is 2.14. The fraction of sp³-hybridized carbons (Fsp3) is 0.167. The molecular weight excluding hydrogens is 316 g/mol. The Bertz CT molecular complexity index is 553. The third kappa shape index (κ3) is 3.16. The number of benzene rings is 1. The van der Waals surface area contributed by atoms with Crippen LogP contribution in [0.15, 0.2) is 34.1 Å². The molecule has 18 heavy (non-hydrogen) atoms. The zero-order chi connectivity index (χ0) is 13.1. The van der Waals surface area contributed by atoms with Crippen LogP contribution < -0.4 is 5.73 Å². The largest absolute Gasteiger partial charge is 0.480 e. The summed E-state index contributed by atoms with van der Waals surface area (Å²) in [7, 11) is 0. The van der Waals surface area contributed by atoms with E-state index in [1.165, 1.54) is 11.3 Å². The van der Waals surface area contributed by atoms with E-state index >= 15 is 0 Å². The Labute approximate surface area is 117 Å². The van der Waals surface area contributed by atoms with E-state index in [-0.39, 0.29) is 6.42 Å². The van der Waals surface area contributed by atoms with Gasteiger partial charge in [-0.15, -0.1) is 11.3 Å². The molecule has 0 aliphatic heterocycles. The highest BCUT2D eigenvalue weighted by atomic mass is 79.9. The first kappa shape index (κ1) is 13.2. The Morgan fingerprint density at radius 2 is 2.11 bits per heavy atom. The number of nitrogens with zero attached hydrogens (tertiary/aromatic N) is 1. The van der Waals surface area contributed by atoms with E-state index in [1.54, 1.807) is 0 Å². The number of carboxylic acids is 1. The molecule has 1 aromatic heterocycles. The van der Waals surface area contributed by atoms with Crippen LogP contribution in [0.5, 0.6) is 0 Å². The number of rotatable bonds is 4. The van der Waals surface area contributed by atoms with Gasteiger partial charge in [0.05, 0.1) is 5.69 Å². The third-order valence-electron chi connectivity index (χ3n) is 2.39. The number of carbonyl (C=O) groups is 1. The van der Waals surface area contributed by atoms with Crippen molar-refractivity contribution >= 4 is 33.2 Å². The summed E-state index contributed by atoms with van der Waals surface area (Å²) in [5, 5.41) is 11.5. The molecule has 1 aromatic carbocycles. The van der Waals surface area contributed by atoms with E-state index in [0.29, 0.717) is 5.69 Å². The summed E-state index contributed by atoms with van der Waals surface area (Å²) < 4.78 is 1.01. The van der Waals surface area contributed by atoms with Gasteiger partial charge in [0.2, 0.25) is 0 Å². The lowest BCUT2D eigenvalue weighted by Gasteiger charge is -2.02. The highest BCUT2D eigenvalue weighted by molar-refractivity contribution is 9.10. The third-order valence-corrected chi connectivity index (χ3v) is 3.86. The predicted octanol–water partition coefficient (Wildman–Crippen LogP) is 2.53. The Morgan fingerprint density at radius 3 is 2.72 bits per heavy atom. The average Bonchev–Trinajstić information content (AvgIpc) is 2.78. The Balaban J connectivity index is 2.15. The van der Waals surface area contributed by atoms with E-state index in [1.807, 2.05) is 29.6 Å². The predicted molar refractivity (Wildman–Crippen MR) is 74.6 cm³/mol. The molecule has 0 spiro atoms. The lowest BCUT2D eigenvalue weighted by Crippen LogP contribution is -2.32. The molecule has 4 nitrogen and oxygen atoms in total. The molecule has 0 saturated carbocycles. The number of carboxylic acid groups (broad SMARTS) is 1. The fourth-order valence-electron chi connectivity index (χ4n) is 1.44. The zero-order valence-corrected chi connectivity index (χ0v) is 11.7. The first-order valence-corrected chi connectivity index (χ1v) is 6.92. The van der Waals surface area contributed by atoms with Gasteiger partial charge < -0.3 is 10.8 Å². The minimum atomic E-state index is -1.01. The van der Waals surface area contributed by atoms with Gasteiger partial charge in [-0.3, -0.25) is 4.79 Å². The van der Waals surface area contributed by atoms with E-state index in [4.69, 9.17) is 10.8 Å². The summed E-state index contributed by atoms with van der Waals surface area (Å²) in [6, 6.07) is 6.91. The van der Waals surface area contributed by atoms with Gasteiger partial charge in [-0.05, 0) is 12.1 Å². The lowest BCUT2D eigenvalue weighted by atomic mass is 10.2. The molecule has 2 rings (SSSR count). The SMILES string of the molecule is NC(Cc1csc(-c2ccc(Br)cc2)n1)C(=O)O. The number of thiazole rings is 1. The van der Waals surface area contributed by atoms with E-state index in [2.05, 4.69) is 20.9 Å². The van der Waals surface area contributed by atoms with Crippen LogP contribution in [0.1, 0.15) is 5.69 Å². The van der Waals surface area contributed by atoms with Crippen LogP contribution in [0.4, 0.5) is 0 Å². The van der Waals surface area contributed by atoms with Crippen molar-refractivity contribution in [3.8, 4) is 10.6 Å². The molecule has 0 saturated heterocycles. The van der Waals surface area contributed by atoms with Gasteiger partial charge in [-0.1, -0.05) is 28.1 Å². The van der Waals surface area contributed by atoms with Crippen LogP contribution in [-0.4, -0.2) is 22.1 Å². The van der Waals surface area contributed by atoms with Crippen LogP contribution in [0.3, 0.4) is 0 Å². The van der Waals surface area contributed by atoms with Crippen LogP contribution >= 0.6 is 27.3 Å². The molecule has 0 amide bonds. The van der Waals surface area contributed by atoms with E-state index < -0.39 is 12.0 Å². The quantitative estimate of drug-likeness (QED) is 0.905. The fourth-order valence-corrected chi connectivity index (χ4v) is 2.54. The molecule has 94 valence electrons. The summed E-state index contributed by atoms with van der Waals surface area (Å²) in [5.41, 5.74) is 7.20. The van der Waals surface area contributed by atoms with Crippen LogP contribution in [0.2, 0.25) is 0 Å². The van der Waals surface area contributed by atoms with Gasteiger partial charge in [0.25, 0.3) is 0 Å². The number of aliphatic carboxylic acids is 1. The number of nitrogens with two attached hydrogens (primary N) is 1.